The number of amides is 2. The van der Waals surface area contributed by atoms with Crippen LogP contribution in [-0.4, -0.2) is 34.6 Å². The van der Waals surface area contributed by atoms with Crippen molar-refractivity contribution in [2.45, 2.75) is 59.2 Å². The second kappa shape index (κ2) is 13.4. The molecule has 0 aliphatic rings. The van der Waals surface area contributed by atoms with Gasteiger partial charge in [0.05, 0.1) is 18.0 Å². The summed E-state index contributed by atoms with van der Waals surface area (Å²) in [6.07, 6.45) is 2.30. The summed E-state index contributed by atoms with van der Waals surface area (Å²) >= 11 is 0. The molecule has 9 heteroatoms. The van der Waals surface area contributed by atoms with Gasteiger partial charge in [0.15, 0.2) is 0 Å². The molecule has 0 saturated heterocycles. The van der Waals surface area contributed by atoms with Gasteiger partial charge in [-0.2, -0.15) is 0 Å². The fraction of sp³-hybridized carbons (Fsp3) is 0.429. The molecule has 0 spiro atoms. The van der Waals surface area contributed by atoms with Gasteiger partial charge in [0.1, 0.15) is 12.3 Å². The van der Waals surface area contributed by atoms with E-state index < -0.39 is 11.2 Å². The summed E-state index contributed by atoms with van der Waals surface area (Å²) in [6.45, 7) is 5.08. The maximum atomic E-state index is 13.3. The molecule has 3 aromatic rings. The molecule has 9 nitrogen and oxygen atoms in total. The van der Waals surface area contributed by atoms with Gasteiger partial charge >= 0.3 is 5.69 Å². The first-order chi connectivity index (χ1) is 17.8. The second-order valence-corrected chi connectivity index (χ2v) is 9.46. The number of para-hydroxylation sites is 1. The number of fused-ring (bicyclic) bond motifs is 1. The van der Waals surface area contributed by atoms with Crippen LogP contribution in [0.3, 0.4) is 0 Å². The van der Waals surface area contributed by atoms with Crippen LogP contribution < -0.4 is 26.6 Å². The number of aromatic nitrogens is 2. The fourth-order valence-electron chi connectivity index (χ4n) is 4.05. The van der Waals surface area contributed by atoms with Gasteiger partial charge in [-0.15, -0.1) is 0 Å². The van der Waals surface area contributed by atoms with Crippen LogP contribution in [-0.2, 0) is 29.2 Å². The van der Waals surface area contributed by atoms with E-state index in [9.17, 15) is 19.2 Å². The molecular formula is C28H36N4O5. The van der Waals surface area contributed by atoms with Crippen LogP contribution in [0.4, 0.5) is 0 Å². The van der Waals surface area contributed by atoms with Crippen LogP contribution in [0.5, 0.6) is 5.75 Å². The van der Waals surface area contributed by atoms with Gasteiger partial charge in [-0.25, -0.2) is 4.79 Å². The number of carbonyl (C=O) groups excluding carboxylic acids is 2. The zero-order chi connectivity index (χ0) is 26.8. The summed E-state index contributed by atoms with van der Waals surface area (Å²) in [4.78, 5) is 51.1. The van der Waals surface area contributed by atoms with Crippen molar-refractivity contribution in [3.8, 4) is 5.75 Å². The number of hydrogen-bond donors (Lipinski definition) is 2. The Kier molecular flexibility index (Phi) is 10.1. The number of nitrogens with one attached hydrogen (secondary N) is 2. The lowest BCUT2D eigenvalue weighted by atomic mass is 10.1. The molecule has 0 aliphatic carbocycles. The fourth-order valence-corrected chi connectivity index (χ4v) is 4.05. The van der Waals surface area contributed by atoms with Crippen LogP contribution in [0.1, 0.15) is 45.1 Å². The smallest absolute Gasteiger partial charge is 0.331 e. The van der Waals surface area contributed by atoms with Crippen LogP contribution >= 0.6 is 0 Å². The number of ether oxygens (including phenoxy) is 1. The minimum absolute atomic E-state index is 0.0309. The van der Waals surface area contributed by atoms with E-state index in [0.717, 1.165) is 16.6 Å². The molecule has 198 valence electrons. The van der Waals surface area contributed by atoms with E-state index in [1.807, 2.05) is 24.3 Å². The Bertz CT molecular complexity index is 1340. The summed E-state index contributed by atoms with van der Waals surface area (Å²) in [5.74, 6) is 0.829. The number of carbonyl (C=O) groups is 2. The zero-order valence-corrected chi connectivity index (χ0v) is 21.8. The van der Waals surface area contributed by atoms with Gasteiger partial charge in [0, 0.05) is 26.1 Å². The number of nitrogens with zero attached hydrogens (tertiary/aromatic N) is 2. The van der Waals surface area contributed by atoms with Gasteiger partial charge < -0.3 is 15.4 Å². The number of rotatable bonds is 13. The monoisotopic (exact) mass is 508 g/mol. The standard InChI is InChI=1S/C28H36N4O5/c1-20(2)14-15-29-25(33)13-6-7-16-31-27(35)23-11-4-5-12-24(23)32(28(31)36)19-26(34)30-18-21-9-8-10-22(17-21)37-3/h4-5,8-12,17,20H,6-7,13-16,18-19H2,1-3H3,(H,29,33)(H,30,34). The highest BCUT2D eigenvalue weighted by molar-refractivity contribution is 5.81. The quantitative estimate of drug-likeness (QED) is 0.345. The first-order valence-corrected chi connectivity index (χ1v) is 12.7. The maximum absolute atomic E-state index is 13.3. The summed E-state index contributed by atoms with van der Waals surface area (Å²) in [6, 6.07) is 14.1. The average molecular weight is 509 g/mol. The Morgan fingerprint density at radius 3 is 2.49 bits per heavy atom. The lowest BCUT2D eigenvalue weighted by Crippen LogP contribution is -2.42. The van der Waals surface area contributed by atoms with Crippen molar-refractivity contribution in [3.63, 3.8) is 0 Å². The Hall–Kier alpha value is -3.88. The van der Waals surface area contributed by atoms with Gasteiger partial charge in [-0.1, -0.05) is 38.1 Å². The van der Waals surface area contributed by atoms with E-state index in [0.29, 0.717) is 48.4 Å². The predicted molar refractivity (Wildman–Crippen MR) is 144 cm³/mol. The van der Waals surface area contributed by atoms with Crippen molar-refractivity contribution in [2.24, 2.45) is 5.92 Å². The molecule has 2 aromatic carbocycles. The largest absolute Gasteiger partial charge is 0.497 e. The van der Waals surface area contributed by atoms with Gasteiger partial charge in [0.2, 0.25) is 11.8 Å². The Morgan fingerprint density at radius 2 is 1.73 bits per heavy atom. The summed E-state index contributed by atoms with van der Waals surface area (Å²) in [7, 11) is 1.58. The molecule has 0 unspecified atom stereocenters. The highest BCUT2D eigenvalue weighted by Crippen LogP contribution is 2.12. The Morgan fingerprint density at radius 1 is 0.946 bits per heavy atom. The third kappa shape index (κ3) is 7.80. The molecule has 0 atom stereocenters. The number of hydrogen-bond acceptors (Lipinski definition) is 5. The van der Waals surface area contributed by atoms with Crippen molar-refractivity contribution in [1.29, 1.82) is 0 Å². The molecule has 0 radical (unpaired) electrons. The molecule has 0 fully saturated rings. The van der Waals surface area contributed by atoms with Gasteiger partial charge in [-0.05, 0) is 55.0 Å². The third-order valence-electron chi connectivity index (χ3n) is 6.14. The second-order valence-electron chi connectivity index (χ2n) is 9.46. The summed E-state index contributed by atoms with van der Waals surface area (Å²) in [5.41, 5.74) is 0.342. The first-order valence-electron chi connectivity index (χ1n) is 12.7. The minimum Gasteiger partial charge on any atom is -0.497 e. The van der Waals surface area contributed by atoms with Crippen molar-refractivity contribution >= 4 is 22.7 Å². The molecule has 1 aromatic heterocycles. The van der Waals surface area contributed by atoms with E-state index >= 15 is 0 Å². The Labute approximate surface area is 216 Å². The van der Waals surface area contributed by atoms with E-state index in [2.05, 4.69) is 24.5 Å². The van der Waals surface area contributed by atoms with E-state index in [-0.39, 0.29) is 31.4 Å². The third-order valence-corrected chi connectivity index (χ3v) is 6.14. The summed E-state index contributed by atoms with van der Waals surface area (Å²) in [5, 5.41) is 6.09. The maximum Gasteiger partial charge on any atom is 0.331 e. The van der Waals surface area contributed by atoms with E-state index in [4.69, 9.17) is 4.74 Å². The molecule has 0 bridgehead atoms. The van der Waals surface area contributed by atoms with Crippen molar-refractivity contribution in [1.82, 2.24) is 19.8 Å². The molecule has 37 heavy (non-hydrogen) atoms. The zero-order valence-electron chi connectivity index (χ0n) is 21.8. The highest BCUT2D eigenvalue weighted by Gasteiger charge is 2.15. The number of benzene rings is 2. The van der Waals surface area contributed by atoms with Crippen molar-refractivity contribution < 1.29 is 14.3 Å². The minimum atomic E-state index is -0.540. The van der Waals surface area contributed by atoms with Crippen molar-refractivity contribution in [3.05, 3.63) is 74.9 Å². The molecule has 3 rings (SSSR count). The molecular weight excluding hydrogens is 472 g/mol. The number of methoxy groups -OCH3 is 1. The topological polar surface area (TPSA) is 111 Å². The van der Waals surface area contributed by atoms with Crippen LogP contribution in [0.2, 0.25) is 0 Å². The molecule has 2 N–H and O–H groups in total. The molecule has 0 aliphatic heterocycles. The van der Waals surface area contributed by atoms with Crippen LogP contribution in [0.15, 0.2) is 58.1 Å². The Balaban J connectivity index is 1.69. The van der Waals surface area contributed by atoms with Gasteiger partial charge in [-0.3, -0.25) is 23.5 Å². The summed E-state index contributed by atoms with van der Waals surface area (Å²) < 4.78 is 7.70. The predicted octanol–water partition coefficient (Wildman–Crippen LogP) is 2.82. The molecule has 2 amide bonds. The molecule has 0 saturated carbocycles. The number of unbranched alkanes of at least 4 members (excludes halogenated alkanes) is 1. The van der Waals surface area contributed by atoms with Crippen LogP contribution in [0.25, 0.3) is 10.9 Å². The van der Waals surface area contributed by atoms with Crippen molar-refractivity contribution in [2.75, 3.05) is 13.7 Å². The SMILES string of the molecule is COc1cccc(CNC(=O)Cn2c(=O)n(CCCCC(=O)NCCC(C)C)c(=O)c3ccccc32)c1. The lowest BCUT2D eigenvalue weighted by Gasteiger charge is -2.14. The van der Waals surface area contributed by atoms with Gasteiger partial charge in [0.25, 0.3) is 5.56 Å². The lowest BCUT2D eigenvalue weighted by molar-refractivity contribution is -0.122. The molecule has 1 heterocycles. The van der Waals surface area contributed by atoms with E-state index in [1.54, 1.807) is 31.4 Å². The van der Waals surface area contributed by atoms with Crippen LogP contribution in [0, 0.1) is 5.92 Å². The highest BCUT2D eigenvalue weighted by atomic mass is 16.5. The first kappa shape index (κ1) is 27.7. The normalized spacial score (nSPS) is 11.0. The van der Waals surface area contributed by atoms with E-state index in [1.165, 1.54) is 4.57 Å². The average Bonchev–Trinajstić information content (AvgIpc) is 2.89.